The van der Waals surface area contributed by atoms with Gasteiger partial charge in [-0.05, 0) is 36.8 Å². The lowest BCUT2D eigenvalue weighted by molar-refractivity contribution is -0.122. The van der Waals surface area contributed by atoms with Crippen molar-refractivity contribution in [3.05, 3.63) is 93.2 Å². The molecule has 3 rings (SSSR count). The third kappa shape index (κ3) is 4.47. The van der Waals surface area contributed by atoms with Crippen molar-refractivity contribution in [2.75, 3.05) is 7.05 Å². The van der Waals surface area contributed by atoms with Gasteiger partial charge in [0.05, 0.1) is 0 Å². The fourth-order valence-electron chi connectivity index (χ4n) is 2.91. The molecule has 0 fully saturated rings. The molecular weight excluding hydrogens is 413 g/mol. The molecule has 0 radical (unpaired) electrons. The second-order valence-corrected chi connectivity index (χ2v) is 6.56. The molecule has 0 aliphatic heterocycles. The molecule has 2 N–H and O–H groups in total. The number of para-hydroxylation sites is 1. The lowest BCUT2D eigenvalue weighted by Crippen LogP contribution is -2.41. The van der Waals surface area contributed by atoms with Gasteiger partial charge in [-0.2, -0.15) is 5.10 Å². The number of carbonyl (C=O) groups is 2. The fourth-order valence-corrected chi connectivity index (χ4v) is 2.91. The monoisotopic (exact) mass is 430 g/mol. The number of hydrogen-bond donors (Lipinski definition) is 2. The van der Waals surface area contributed by atoms with Gasteiger partial charge < -0.3 is 10.6 Å². The number of hydrogen-bond acceptors (Lipinski definition) is 4. The highest BCUT2D eigenvalue weighted by molar-refractivity contribution is 5.96. The molecule has 10 heteroatoms. The number of carbonyl (C=O) groups excluding carboxylic acids is 2. The van der Waals surface area contributed by atoms with E-state index in [1.165, 1.54) is 32.2 Å². The Morgan fingerprint density at radius 2 is 1.71 bits per heavy atom. The van der Waals surface area contributed by atoms with Crippen LogP contribution in [0.15, 0.2) is 53.3 Å². The Hall–Kier alpha value is -3.95. The lowest BCUT2D eigenvalue weighted by atomic mass is 10.1. The Morgan fingerprint density at radius 3 is 2.35 bits per heavy atom. The fraction of sp³-hybridized carbons (Fsp3) is 0.143. The topological polar surface area (TPSA) is 93.1 Å². The SMILES string of the molecule is CNC(=O)C(NC(=O)c1nn(-c2ccccc2F)c(C)cc1=O)c1ccc(F)c(F)c1. The van der Waals surface area contributed by atoms with Crippen molar-refractivity contribution in [3.8, 4) is 5.69 Å². The summed E-state index contributed by atoms with van der Waals surface area (Å²) >= 11 is 0. The molecule has 0 aliphatic carbocycles. The van der Waals surface area contributed by atoms with E-state index in [4.69, 9.17) is 0 Å². The van der Waals surface area contributed by atoms with Crippen molar-refractivity contribution < 1.29 is 22.8 Å². The predicted octanol–water partition coefficient (Wildman–Crippen LogP) is 2.18. The van der Waals surface area contributed by atoms with Crippen molar-refractivity contribution in [1.82, 2.24) is 20.4 Å². The summed E-state index contributed by atoms with van der Waals surface area (Å²) in [4.78, 5) is 37.4. The number of aryl methyl sites for hydroxylation is 1. The van der Waals surface area contributed by atoms with Crippen LogP contribution >= 0.6 is 0 Å². The van der Waals surface area contributed by atoms with Gasteiger partial charge in [0.2, 0.25) is 11.3 Å². The van der Waals surface area contributed by atoms with Crippen LogP contribution in [0.3, 0.4) is 0 Å². The van der Waals surface area contributed by atoms with Crippen LogP contribution in [0, 0.1) is 24.4 Å². The van der Waals surface area contributed by atoms with E-state index >= 15 is 0 Å². The average molecular weight is 430 g/mol. The quantitative estimate of drug-likeness (QED) is 0.649. The minimum atomic E-state index is -1.43. The van der Waals surface area contributed by atoms with Gasteiger partial charge in [0, 0.05) is 18.8 Å². The second-order valence-electron chi connectivity index (χ2n) is 6.56. The van der Waals surface area contributed by atoms with Gasteiger partial charge in [0.25, 0.3) is 5.91 Å². The minimum Gasteiger partial charge on any atom is -0.357 e. The first-order valence-electron chi connectivity index (χ1n) is 9.06. The number of nitrogens with one attached hydrogen (secondary N) is 2. The second kappa shape index (κ2) is 8.82. The highest BCUT2D eigenvalue weighted by atomic mass is 19.2. The molecule has 0 saturated carbocycles. The summed E-state index contributed by atoms with van der Waals surface area (Å²) in [5.74, 6) is -4.75. The minimum absolute atomic E-state index is 0.0116. The lowest BCUT2D eigenvalue weighted by Gasteiger charge is -2.18. The molecule has 0 saturated heterocycles. The molecule has 31 heavy (non-hydrogen) atoms. The van der Waals surface area contributed by atoms with E-state index in [1.54, 1.807) is 6.07 Å². The molecule has 3 aromatic rings. The molecule has 1 atom stereocenters. The van der Waals surface area contributed by atoms with Crippen LogP contribution < -0.4 is 16.1 Å². The summed E-state index contributed by atoms with van der Waals surface area (Å²) in [7, 11) is 1.29. The normalized spacial score (nSPS) is 11.6. The van der Waals surface area contributed by atoms with Crippen LogP contribution in [0.25, 0.3) is 5.69 Å². The summed E-state index contributed by atoms with van der Waals surface area (Å²) in [6.07, 6.45) is 0. The summed E-state index contributed by atoms with van der Waals surface area (Å²) in [5.41, 5.74) is -1.13. The molecule has 2 aromatic carbocycles. The predicted molar refractivity (Wildman–Crippen MR) is 105 cm³/mol. The first kappa shape index (κ1) is 21.8. The highest BCUT2D eigenvalue weighted by Crippen LogP contribution is 2.18. The standard InChI is InChI=1S/C21H17F3N4O3/c1-11-9-17(29)19(27-28(11)16-6-4-3-5-14(16)23)21(31)26-18(20(30)25-2)12-7-8-13(22)15(24)10-12/h3-10,18H,1-2H3,(H,25,30)(H,26,31). The van der Waals surface area contributed by atoms with Crippen LogP contribution in [-0.2, 0) is 4.79 Å². The Bertz CT molecular complexity index is 1230. The summed E-state index contributed by atoms with van der Waals surface area (Å²) in [6, 6.07) is 7.99. The average Bonchev–Trinajstić information content (AvgIpc) is 2.74. The number of amides is 2. The molecule has 0 bridgehead atoms. The van der Waals surface area contributed by atoms with Crippen LogP contribution in [0.2, 0.25) is 0 Å². The van der Waals surface area contributed by atoms with E-state index in [9.17, 15) is 27.6 Å². The Morgan fingerprint density at radius 1 is 1.00 bits per heavy atom. The molecule has 7 nitrogen and oxygen atoms in total. The maximum absolute atomic E-state index is 14.2. The van der Waals surface area contributed by atoms with E-state index < -0.39 is 46.4 Å². The van der Waals surface area contributed by atoms with Crippen LogP contribution in [0.1, 0.15) is 27.8 Å². The number of halogens is 3. The Kier molecular flexibility index (Phi) is 6.19. The van der Waals surface area contributed by atoms with Gasteiger partial charge in [-0.1, -0.05) is 18.2 Å². The molecular formula is C21H17F3N4O3. The maximum atomic E-state index is 14.2. The molecule has 2 amide bonds. The Balaban J connectivity index is 2.02. The zero-order chi connectivity index (χ0) is 22.7. The van der Waals surface area contributed by atoms with Crippen LogP contribution in [0.4, 0.5) is 13.2 Å². The van der Waals surface area contributed by atoms with Gasteiger partial charge >= 0.3 is 0 Å². The van der Waals surface area contributed by atoms with Crippen LogP contribution in [-0.4, -0.2) is 28.6 Å². The Labute approximate surface area is 174 Å². The smallest absolute Gasteiger partial charge is 0.276 e. The van der Waals surface area contributed by atoms with Crippen molar-refractivity contribution >= 4 is 11.8 Å². The number of benzene rings is 2. The van der Waals surface area contributed by atoms with Crippen molar-refractivity contribution in [2.24, 2.45) is 0 Å². The number of likely N-dealkylation sites (N-methyl/N-ethyl adjacent to an activating group) is 1. The summed E-state index contributed by atoms with van der Waals surface area (Å²) in [6.45, 7) is 1.51. The first-order chi connectivity index (χ1) is 14.7. The van der Waals surface area contributed by atoms with E-state index in [-0.39, 0.29) is 16.9 Å². The molecule has 160 valence electrons. The molecule has 0 aliphatic rings. The zero-order valence-electron chi connectivity index (χ0n) is 16.4. The molecule has 1 aromatic heterocycles. The van der Waals surface area contributed by atoms with E-state index in [0.29, 0.717) is 0 Å². The van der Waals surface area contributed by atoms with Crippen LogP contribution in [0.5, 0.6) is 0 Å². The third-order valence-corrected chi connectivity index (χ3v) is 4.46. The summed E-state index contributed by atoms with van der Waals surface area (Å²) in [5, 5.41) is 8.54. The number of rotatable bonds is 5. The summed E-state index contributed by atoms with van der Waals surface area (Å²) < 4.78 is 42.2. The van der Waals surface area contributed by atoms with Gasteiger partial charge in [0.1, 0.15) is 17.5 Å². The van der Waals surface area contributed by atoms with Gasteiger partial charge in [-0.3, -0.25) is 14.4 Å². The molecule has 1 unspecified atom stereocenters. The van der Waals surface area contributed by atoms with Crippen molar-refractivity contribution in [2.45, 2.75) is 13.0 Å². The number of nitrogens with zero attached hydrogens (tertiary/aromatic N) is 2. The van der Waals surface area contributed by atoms with Gasteiger partial charge in [-0.25, -0.2) is 17.9 Å². The van der Waals surface area contributed by atoms with E-state index in [2.05, 4.69) is 15.7 Å². The maximum Gasteiger partial charge on any atom is 0.276 e. The van der Waals surface area contributed by atoms with Crippen molar-refractivity contribution in [1.29, 1.82) is 0 Å². The number of aromatic nitrogens is 2. The first-order valence-corrected chi connectivity index (χ1v) is 9.06. The van der Waals surface area contributed by atoms with Gasteiger partial charge in [0.15, 0.2) is 17.3 Å². The molecule has 0 spiro atoms. The van der Waals surface area contributed by atoms with E-state index in [0.717, 1.165) is 28.9 Å². The van der Waals surface area contributed by atoms with Gasteiger partial charge in [-0.15, -0.1) is 0 Å². The zero-order valence-corrected chi connectivity index (χ0v) is 16.4. The highest BCUT2D eigenvalue weighted by Gasteiger charge is 2.26. The third-order valence-electron chi connectivity index (χ3n) is 4.46. The largest absolute Gasteiger partial charge is 0.357 e. The van der Waals surface area contributed by atoms with E-state index in [1.807, 2.05) is 0 Å². The van der Waals surface area contributed by atoms with Crippen molar-refractivity contribution in [3.63, 3.8) is 0 Å². The molecule has 1 heterocycles.